The Morgan fingerprint density at radius 1 is 1.00 bits per heavy atom. The van der Waals surface area contributed by atoms with E-state index in [9.17, 15) is 4.79 Å². The summed E-state index contributed by atoms with van der Waals surface area (Å²) in [4.78, 5) is 27.2. The second kappa shape index (κ2) is 9.48. The molecule has 0 saturated carbocycles. The molecule has 0 unspecified atom stereocenters. The fourth-order valence-electron chi connectivity index (χ4n) is 4.00. The molecular weight excluding hydrogens is 408 g/mol. The van der Waals surface area contributed by atoms with Gasteiger partial charge in [-0.15, -0.1) is 0 Å². The summed E-state index contributed by atoms with van der Waals surface area (Å²) in [6.07, 6.45) is 5.14. The largest absolute Gasteiger partial charge is 0.341 e. The summed E-state index contributed by atoms with van der Waals surface area (Å²) in [5.41, 5.74) is 2.61. The van der Waals surface area contributed by atoms with Crippen molar-refractivity contribution in [1.82, 2.24) is 9.97 Å². The normalized spacial score (nSPS) is 14.0. The maximum Gasteiger partial charge on any atom is 0.262 e. The third kappa shape index (κ3) is 4.57. The molecule has 0 bridgehead atoms. The van der Waals surface area contributed by atoms with E-state index < -0.39 is 0 Å². The Morgan fingerprint density at radius 2 is 1.68 bits per heavy atom. The second-order valence-electron chi connectivity index (χ2n) is 8.06. The van der Waals surface area contributed by atoms with Crippen molar-refractivity contribution in [3.05, 3.63) is 71.4 Å². The SMILES string of the molecule is CC(C)N(C(=O)c1cnc(N2CCCCC2)nc1-c1ccccc1Cl)c1ccccc1. The summed E-state index contributed by atoms with van der Waals surface area (Å²) in [6.45, 7) is 5.86. The molecule has 5 nitrogen and oxygen atoms in total. The molecular formula is C25H27ClN4O. The van der Waals surface area contributed by atoms with Crippen LogP contribution in [0.25, 0.3) is 11.3 Å². The predicted molar refractivity (Wildman–Crippen MR) is 127 cm³/mol. The van der Waals surface area contributed by atoms with Crippen LogP contribution in [0.1, 0.15) is 43.5 Å². The minimum absolute atomic E-state index is 0.0317. The van der Waals surface area contributed by atoms with E-state index in [0.29, 0.717) is 22.2 Å². The fourth-order valence-corrected chi connectivity index (χ4v) is 4.23. The lowest BCUT2D eigenvalue weighted by atomic mass is 10.0. The number of hydrogen-bond acceptors (Lipinski definition) is 4. The van der Waals surface area contributed by atoms with Crippen molar-refractivity contribution in [3.63, 3.8) is 0 Å². The first-order valence-electron chi connectivity index (χ1n) is 10.8. The standard InChI is InChI=1S/C25H27ClN4O/c1-18(2)30(19-11-5-3-6-12-19)24(31)21-17-27-25(29-15-9-4-10-16-29)28-23(21)20-13-7-8-14-22(20)26/h3,5-8,11-14,17-18H,4,9-10,15-16H2,1-2H3. The first-order chi connectivity index (χ1) is 15.1. The van der Waals surface area contributed by atoms with Gasteiger partial charge in [0.15, 0.2) is 0 Å². The smallest absolute Gasteiger partial charge is 0.262 e. The molecule has 1 aromatic heterocycles. The summed E-state index contributed by atoms with van der Waals surface area (Å²) in [5.74, 6) is 0.517. The number of rotatable bonds is 5. The Labute approximate surface area is 188 Å². The van der Waals surface area contributed by atoms with E-state index in [4.69, 9.17) is 16.6 Å². The number of benzene rings is 2. The number of anilines is 2. The number of hydrogen-bond donors (Lipinski definition) is 0. The molecule has 1 amide bonds. The van der Waals surface area contributed by atoms with Gasteiger partial charge in [0.25, 0.3) is 5.91 Å². The molecule has 1 saturated heterocycles. The zero-order valence-electron chi connectivity index (χ0n) is 18.0. The minimum Gasteiger partial charge on any atom is -0.341 e. The number of aromatic nitrogens is 2. The number of nitrogens with zero attached hydrogens (tertiary/aromatic N) is 4. The van der Waals surface area contributed by atoms with Crippen LogP contribution in [0.3, 0.4) is 0 Å². The highest BCUT2D eigenvalue weighted by molar-refractivity contribution is 6.33. The van der Waals surface area contributed by atoms with Gasteiger partial charge in [0.1, 0.15) is 0 Å². The average Bonchev–Trinajstić information content (AvgIpc) is 2.80. The predicted octanol–water partition coefficient (Wildman–Crippen LogP) is 5.84. The Kier molecular flexibility index (Phi) is 6.52. The molecule has 0 atom stereocenters. The molecule has 6 heteroatoms. The molecule has 31 heavy (non-hydrogen) atoms. The highest BCUT2D eigenvalue weighted by Crippen LogP contribution is 2.32. The van der Waals surface area contributed by atoms with E-state index in [2.05, 4.69) is 9.88 Å². The van der Waals surface area contributed by atoms with Crippen molar-refractivity contribution < 1.29 is 4.79 Å². The van der Waals surface area contributed by atoms with Crippen molar-refractivity contribution in [1.29, 1.82) is 0 Å². The lowest BCUT2D eigenvalue weighted by Gasteiger charge is -2.29. The zero-order valence-corrected chi connectivity index (χ0v) is 18.7. The number of amides is 1. The topological polar surface area (TPSA) is 49.3 Å². The molecule has 0 radical (unpaired) electrons. The van der Waals surface area contributed by atoms with Crippen LogP contribution in [0.15, 0.2) is 60.8 Å². The Bertz CT molecular complexity index is 1050. The van der Waals surface area contributed by atoms with Crippen LogP contribution in [-0.2, 0) is 0 Å². The maximum atomic E-state index is 13.8. The van der Waals surface area contributed by atoms with Gasteiger partial charge in [-0.3, -0.25) is 4.79 Å². The van der Waals surface area contributed by atoms with Crippen LogP contribution in [0.4, 0.5) is 11.6 Å². The van der Waals surface area contributed by atoms with Gasteiger partial charge in [-0.2, -0.15) is 0 Å². The maximum absolute atomic E-state index is 13.8. The van der Waals surface area contributed by atoms with Crippen LogP contribution in [0.5, 0.6) is 0 Å². The fraction of sp³-hybridized carbons (Fsp3) is 0.320. The molecule has 2 heterocycles. The highest BCUT2D eigenvalue weighted by atomic mass is 35.5. The van der Waals surface area contributed by atoms with Crippen molar-refractivity contribution in [2.75, 3.05) is 22.9 Å². The summed E-state index contributed by atoms with van der Waals surface area (Å²) in [5, 5.41) is 0.565. The monoisotopic (exact) mass is 434 g/mol. The third-order valence-corrected chi connectivity index (χ3v) is 5.87. The number of carbonyl (C=O) groups is 1. The van der Waals surface area contributed by atoms with Gasteiger partial charge in [-0.05, 0) is 51.3 Å². The van der Waals surface area contributed by atoms with Gasteiger partial charge >= 0.3 is 0 Å². The van der Waals surface area contributed by atoms with Crippen molar-refractivity contribution in [3.8, 4) is 11.3 Å². The van der Waals surface area contributed by atoms with Crippen molar-refractivity contribution >= 4 is 29.1 Å². The van der Waals surface area contributed by atoms with Crippen LogP contribution in [-0.4, -0.2) is 35.0 Å². The highest BCUT2D eigenvalue weighted by Gasteiger charge is 2.27. The molecule has 1 fully saturated rings. The van der Waals surface area contributed by atoms with Gasteiger partial charge in [0.2, 0.25) is 5.95 Å². The van der Waals surface area contributed by atoms with Gasteiger partial charge in [0, 0.05) is 41.6 Å². The van der Waals surface area contributed by atoms with E-state index in [1.165, 1.54) is 6.42 Å². The van der Waals surface area contributed by atoms with E-state index >= 15 is 0 Å². The molecule has 0 aliphatic carbocycles. The zero-order chi connectivity index (χ0) is 21.8. The quantitative estimate of drug-likeness (QED) is 0.506. The number of piperidine rings is 1. The van der Waals surface area contributed by atoms with E-state index in [1.54, 1.807) is 11.1 Å². The average molecular weight is 435 g/mol. The van der Waals surface area contributed by atoms with Crippen molar-refractivity contribution in [2.24, 2.45) is 0 Å². The Balaban J connectivity index is 1.82. The van der Waals surface area contributed by atoms with Gasteiger partial charge < -0.3 is 9.80 Å². The van der Waals surface area contributed by atoms with Gasteiger partial charge in [-0.1, -0.05) is 48.0 Å². The summed E-state index contributed by atoms with van der Waals surface area (Å²) < 4.78 is 0. The molecule has 4 rings (SSSR count). The molecule has 0 spiro atoms. The summed E-state index contributed by atoms with van der Waals surface area (Å²) in [7, 11) is 0. The molecule has 1 aliphatic rings. The van der Waals surface area contributed by atoms with Gasteiger partial charge in [0.05, 0.1) is 11.3 Å². The first kappa shape index (κ1) is 21.3. The third-order valence-electron chi connectivity index (χ3n) is 5.54. The van der Waals surface area contributed by atoms with Crippen LogP contribution in [0, 0.1) is 0 Å². The number of carbonyl (C=O) groups excluding carboxylic acids is 1. The van der Waals surface area contributed by atoms with Crippen LogP contribution >= 0.6 is 11.6 Å². The van der Waals surface area contributed by atoms with E-state index in [1.807, 2.05) is 68.4 Å². The summed E-state index contributed by atoms with van der Waals surface area (Å²) >= 11 is 6.53. The number of halogens is 1. The van der Waals surface area contributed by atoms with E-state index in [0.717, 1.165) is 37.2 Å². The molecule has 2 aromatic carbocycles. The lowest BCUT2D eigenvalue weighted by molar-refractivity contribution is 0.0980. The van der Waals surface area contributed by atoms with Crippen molar-refractivity contribution in [2.45, 2.75) is 39.2 Å². The number of para-hydroxylation sites is 1. The first-order valence-corrected chi connectivity index (χ1v) is 11.2. The van der Waals surface area contributed by atoms with Crippen LogP contribution < -0.4 is 9.80 Å². The van der Waals surface area contributed by atoms with Gasteiger partial charge in [-0.25, -0.2) is 9.97 Å². The summed E-state index contributed by atoms with van der Waals surface area (Å²) in [6, 6.07) is 17.2. The molecule has 0 N–H and O–H groups in total. The molecule has 1 aliphatic heterocycles. The Hall–Kier alpha value is -2.92. The lowest BCUT2D eigenvalue weighted by Crippen LogP contribution is -2.38. The molecule has 160 valence electrons. The Morgan fingerprint density at radius 3 is 2.35 bits per heavy atom. The van der Waals surface area contributed by atoms with Crippen LogP contribution in [0.2, 0.25) is 5.02 Å². The molecule has 3 aromatic rings. The van der Waals surface area contributed by atoms with E-state index in [-0.39, 0.29) is 11.9 Å². The second-order valence-corrected chi connectivity index (χ2v) is 8.47. The minimum atomic E-state index is -0.138.